The van der Waals surface area contributed by atoms with Crippen LogP contribution < -0.4 is 11.2 Å². The summed E-state index contributed by atoms with van der Waals surface area (Å²) in [6.45, 7) is 5.97. The molecule has 6 nitrogen and oxygen atoms in total. The molecular weight excluding hydrogens is 434 g/mol. The highest BCUT2D eigenvalue weighted by Gasteiger charge is 2.16. The zero-order valence-corrected chi connectivity index (χ0v) is 19.3. The number of aryl methyl sites for hydroxylation is 3. The summed E-state index contributed by atoms with van der Waals surface area (Å²) < 4.78 is 6.96. The second-order valence-electron chi connectivity index (χ2n) is 8.06. The Kier molecular flexibility index (Phi) is 5.34. The summed E-state index contributed by atoms with van der Waals surface area (Å²) in [4.78, 5) is 34.8. The first-order valence-corrected chi connectivity index (χ1v) is 11.5. The number of rotatable bonds is 4. The molecule has 0 radical (unpaired) electrons. The van der Waals surface area contributed by atoms with Crippen LogP contribution >= 0.6 is 11.8 Å². The third kappa shape index (κ3) is 3.96. The van der Waals surface area contributed by atoms with E-state index in [1.54, 1.807) is 12.3 Å². The van der Waals surface area contributed by atoms with Gasteiger partial charge in [-0.05, 0) is 73.4 Å². The maximum Gasteiger partial charge on any atom is 0.336 e. The van der Waals surface area contributed by atoms with E-state index in [2.05, 4.69) is 4.98 Å². The monoisotopic (exact) mass is 455 g/mol. The van der Waals surface area contributed by atoms with Gasteiger partial charge in [-0.1, -0.05) is 30.0 Å². The Balaban J connectivity index is 1.65. The average molecular weight is 456 g/mol. The van der Waals surface area contributed by atoms with Gasteiger partial charge in [0.2, 0.25) is 0 Å². The topological polar surface area (TPSA) is 78.0 Å². The predicted octanol–water partition coefficient (Wildman–Crippen LogP) is 5.10. The minimum atomic E-state index is -0.398. The van der Waals surface area contributed by atoms with E-state index in [9.17, 15) is 9.59 Å². The normalized spacial score (nSPS) is 11.4. The predicted molar refractivity (Wildman–Crippen MR) is 131 cm³/mol. The Hall–Kier alpha value is -3.71. The van der Waals surface area contributed by atoms with Gasteiger partial charge in [-0.2, -0.15) is 0 Å². The number of hydrogen-bond acceptors (Lipinski definition) is 6. The van der Waals surface area contributed by atoms with Crippen molar-refractivity contribution in [3.05, 3.63) is 104 Å². The number of para-hydroxylation sites is 1. The van der Waals surface area contributed by atoms with Gasteiger partial charge in [0.15, 0.2) is 5.16 Å². The van der Waals surface area contributed by atoms with Crippen molar-refractivity contribution in [1.82, 2.24) is 14.5 Å². The molecule has 0 fully saturated rings. The molecule has 2 aromatic carbocycles. The first kappa shape index (κ1) is 21.2. The van der Waals surface area contributed by atoms with Crippen molar-refractivity contribution in [1.29, 1.82) is 0 Å². The molecule has 0 amide bonds. The third-order valence-electron chi connectivity index (χ3n) is 5.67. The van der Waals surface area contributed by atoms with Gasteiger partial charge < -0.3 is 4.42 Å². The molecule has 5 aromatic rings. The Labute approximate surface area is 193 Å². The second-order valence-corrected chi connectivity index (χ2v) is 9.00. The van der Waals surface area contributed by atoms with Crippen LogP contribution in [0.4, 0.5) is 0 Å². The molecule has 0 N–H and O–H groups in total. The van der Waals surface area contributed by atoms with Crippen LogP contribution in [0.2, 0.25) is 0 Å². The van der Waals surface area contributed by atoms with Crippen LogP contribution in [0.1, 0.15) is 22.3 Å². The molecule has 5 rings (SSSR count). The molecule has 0 atom stereocenters. The summed E-state index contributed by atoms with van der Waals surface area (Å²) >= 11 is 1.39. The highest BCUT2D eigenvalue weighted by atomic mass is 32.2. The average Bonchev–Trinajstić information content (AvgIpc) is 2.80. The number of aromatic nitrogens is 3. The lowest BCUT2D eigenvalue weighted by Crippen LogP contribution is -2.22. The molecule has 164 valence electrons. The third-order valence-corrected chi connectivity index (χ3v) is 6.66. The molecule has 0 aliphatic rings. The Morgan fingerprint density at radius 3 is 2.52 bits per heavy atom. The smallest absolute Gasteiger partial charge is 0.336 e. The van der Waals surface area contributed by atoms with Gasteiger partial charge in [-0.15, -0.1) is 0 Å². The lowest BCUT2D eigenvalue weighted by atomic mass is 10.0. The number of nitrogens with zero attached hydrogens (tertiary/aromatic N) is 3. The number of pyridine rings is 1. The van der Waals surface area contributed by atoms with Crippen molar-refractivity contribution in [3.63, 3.8) is 0 Å². The van der Waals surface area contributed by atoms with E-state index >= 15 is 0 Å². The maximum absolute atomic E-state index is 13.4. The molecule has 0 aliphatic carbocycles. The van der Waals surface area contributed by atoms with Crippen LogP contribution in [0.25, 0.3) is 27.7 Å². The standard InChI is InChI=1S/C26H21N3O3S/c1-15-8-9-23(27-13-15)29-25(31)19-6-4-5-7-21(19)28-26(29)33-14-18-12-24(30)32-22-11-17(3)16(2)10-20(18)22/h4-13H,14H2,1-3H3. The summed E-state index contributed by atoms with van der Waals surface area (Å²) in [6, 6.07) is 16.4. The molecule has 0 aliphatic heterocycles. The summed E-state index contributed by atoms with van der Waals surface area (Å²) in [5.41, 5.74) is 4.62. The van der Waals surface area contributed by atoms with Gasteiger partial charge >= 0.3 is 5.63 Å². The molecule has 0 saturated carbocycles. The first-order chi connectivity index (χ1) is 15.9. The summed E-state index contributed by atoms with van der Waals surface area (Å²) in [5.74, 6) is 0.955. The van der Waals surface area contributed by atoms with E-state index in [0.717, 1.165) is 27.6 Å². The van der Waals surface area contributed by atoms with Crippen LogP contribution in [0, 0.1) is 20.8 Å². The van der Waals surface area contributed by atoms with Gasteiger partial charge in [-0.3, -0.25) is 4.79 Å². The molecule has 0 saturated heterocycles. The fourth-order valence-electron chi connectivity index (χ4n) is 3.75. The largest absolute Gasteiger partial charge is 0.423 e. The Morgan fingerprint density at radius 1 is 0.939 bits per heavy atom. The van der Waals surface area contributed by atoms with E-state index < -0.39 is 5.63 Å². The minimum Gasteiger partial charge on any atom is -0.423 e. The van der Waals surface area contributed by atoms with E-state index in [0.29, 0.717) is 33.2 Å². The van der Waals surface area contributed by atoms with Crippen LogP contribution in [-0.4, -0.2) is 14.5 Å². The van der Waals surface area contributed by atoms with E-state index in [4.69, 9.17) is 9.40 Å². The SMILES string of the molecule is Cc1ccc(-n2c(SCc3cc(=O)oc4cc(C)c(C)cc34)nc3ccccc3c2=O)nc1. The van der Waals surface area contributed by atoms with Crippen molar-refractivity contribution in [2.75, 3.05) is 0 Å². The van der Waals surface area contributed by atoms with Crippen molar-refractivity contribution in [2.24, 2.45) is 0 Å². The van der Waals surface area contributed by atoms with E-state index in [1.165, 1.54) is 22.4 Å². The van der Waals surface area contributed by atoms with Gasteiger partial charge in [0.25, 0.3) is 5.56 Å². The van der Waals surface area contributed by atoms with Gasteiger partial charge in [0, 0.05) is 23.4 Å². The minimum absolute atomic E-state index is 0.177. The van der Waals surface area contributed by atoms with Gasteiger partial charge in [0.05, 0.1) is 10.9 Å². The van der Waals surface area contributed by atoms with E-state index in [1.807, 2.05) is 63.2 Å². The van der Waals surface area contributed by atoms with Gasteiger partial charge in [-0.25, -0.2) is 19.3 Å². The first-order valence-electron chi connectivity index (χ1n) is 10.5. The van der Waals surface area contributed by atoms with Crippen molar-refractivity contribution >= 4 is 33.6 Å². The highest BCUT2D eigenvalue weighted by Crippen LogP contribution is 2.28. The maximum atomic E-state index is 13.4. The van der Waals surface area contributed by atoms with Gasteiger partial charge in [0.1, 0.15) is 11.4 Å². The molecule has 7 heteroatoms. The molecule has 0 spiro atoms. The summed E-state index contributed by atoms with van der Waals surface area (Å²) in [7, 11) is 0. The Bertz CT molecular complexity index is 1640. The van der Waals surface area contributed by atoms with Crippen LogP contribution in [-0.2, 0) is 5.75 Å². The summed E-state index contributed by atoms with van der Waals surface area (Å²) in [6.07, 6.45) is 1.73. The Morgan fingerprint density at radius 2 is 1.73 bits per heavy atom. The van der Waals surface area contributed by atoms with Crippen LogP contribution in [0.5, 0.6) is 0 Å². The highest BCUT2D eigenvalue weighted by molar-refractivity contribution is 7.98. The quantitative estimate of drug-likeness (QED) is 0.213. The van der Waals surface area contributed by atoms with Crippen molar-refractivity contribution in [3.8, 4) is 5.82 Å². The van der Waals surface area contributed by atoms with E-state index in [-0.39, 0.29) is 5.56 Å². The lowest BCUT2D eigenvalue weighted by Gasteiger charge is -2.13. The van der Waals surface area contributed by atoms with Crippen molar-refractivity contribution < 1.29 is 4.42 Å². The zero-order valence-electron chi connectivity index (χ0n) is 18.5. The number of hydrogen-bond donors (Lipinski definition) is 0. The lowest BCUT2D eigenvalue weighted by molar-refractivity contribution is 0.559. The molecule has 0 unspecified atom stereocenters. The fourth-order valence-corrected chi connectivity index (χ4v) is 4.74. The number of fused-ring (bicyclic) bond motifs is 2. The number of benzene rings is 2. The zero-order chi connectivity index (χ0) is 23.1. The second kappa shape index (κ2) is 8.33. The number of thioether (sulfide) groups is 1. The molecule has 33 heavy (non-hydrogen) atoms. The molecule has 0 bridgehead atoms. The fraction of sp³-hybridized carbons (Fsp3) is 0.154. The molecule has 3 aromatic heterocycles. The summed E-state index contributed by atoms with van der Waals surface area (Å²) in [5, 5.41) is 1.93. The molecule has 3 heterocycles. The van der Waals surface area contributed by atoms with Crippen LogP contribution in [0.3, 0.4) is 0 Å². The van der Waals surface area contributed by atoms with Crippen molar-refractivity contribution in [2.45, 2.75) is 31.7 Å². The van der Waals surface area contributed by atoms with Crippen LogP contribution in [0.15, 0.2) is 80.0 Å². The molecular formula is C26H21N3O3S.